The van der Waals surface area contributed by atoms with Crippen molar-refractivity contribution in [2.24, 2.45) is 5.73 Å². The first kappa shape index (κ1) is 10.1. The van der Waals surface area contributed by atoms with Crippen LogP contribution < -0.4 is 11.5 Å². The molecule has 0 fully saturated rings. The zero-order chi connectivity index (χ0) is 9.84. The highest BCUT2D eigenvalue weighted by Crippen LogP contribution is 2.15. The first-order valence-electron chi connectivity index (χ1n) is 4.70. The summed E-state index contributed by atoms with van der Waals surface area (Å²) in [5, 5.41) is 0. The van der Waals surface area contributed by atoms with Crippen LogP contribution in [0.2, 0.25) is 0 Å². The van der Waals surface area contributed by atoms with E-state index in [2.05, 4.69) is 13.0 Å². The second-order valence-electron chi connectivity index (χ2n) is 3.72. The van der Waals surface area contributed by atoms with E-state index in [4.69, 9.17) is 11.5 Å². The number of anilines is 1. The van der Waals surface area contributed by atoms with Gasteiger partial charge in [0, 0.05) is 11.7 Å². The second-order valence-corrected chi connectivity index (χ2v) is 3.72. The van der Waals surface area contributed by atoms with Gasteiger partial charge >= 0.3 is 0 Å². The minimum Gasteiger partial charge on any atom is -0.399 e. The lowest BCUT2D eigenvalue weighted by atomic mass is 10.0. The molecule has 0 aliphatic heterocycles. The van der Waals surface area contributed by atoms with E-state index in [0.717, 1.165) is 18.5 Å². The molecule has 0 heterocycles. The fourth-order valence-electron chi connectivity index (χ4n) is 1.33. The van der Waals surface area contributed by atoms with Crippen LogP contribution in [-0.2, 0) is 6.42 Å². The molecular weight excluding hydrogens is 160 g/mol. The number of hydrogen-bond donors (Lipinski definition) is 2. The number of aryl methyl sites for hydroxylation is 2. The first-order valence-corrected chi connectivity index (χ1v) is 4.70. The van der Waals surface area contributed by atoms with Crippen LogP contribution in [0, 0.1) is 6.92 Å². The molecule has 1 aromatic carbocycles. The summed E-state index contributed by atoms with van der Waals surface area (Å²) in [5.74, 6) is 0. The monoisotopic (exact) mass is 178 g/mol. The summed E-state index contributed by atoms with van der Waals surface area (Å²) in [6.45, 7) is 4.10. The molecule has 0 aromatic heterocycles. The zero-order valence-electron chi connectivity index (χ0n) is 8.38. The maximum absolute atomic E-state index is 5.83. The Morgan fingerprint density at radius 3 is 2.69 bits per heavy atom. The Kier molecular flexibility index (Phi) is 3.32. The summed E-state index contributed by atoms with van der Waals surface area (Å²) >= 11 is 0. The maximum Gasteiger partial charge on any atom is 0.0346 e. The molecule has 1 rings (SSSR count). The molecule has 0 saturated carbocycles. The van der Waals surface area contributed by atoms with E-state index in [-0.39, 0.29) is 6.04 Å². The highest BCUT2D eigenvalue weighted by Gasteiger charge is 2.01. The quantitative estimate of drug-likeness (QED) is 0.694. The molecule has 0 amide bonds. The summed E-state index contributed by atoms with van der Waals surface area (Å²) < 4.78 is 0. The molecule has 2 heteroatoms. The average molecular weight is 178 g/mol. The highest BCUT2D eigenvalue weighted by atomic mass is 14.6. The first-order chi connectivity index (χ1) is 6.09. The van der Waals surface area contributed by atoms with E-state index < -0.39 is 0 Å². The molecule has 4 N–H and O–H groups in total. The zero-order valence-corrected chi connectivity index (χ0v) is 8.38. The molecule has 0 unspecified atom stereocenters. The van der Waals surface area contributed by atoms with Gasteiger partial charge in [0.15, 0.2) is 0 Å². The molecule has 0 aliphatic carbocycles. The third-order valence-electron chi connectivity index (χ3n) is 2.17. The molecule has 2 nitrogen and oxygen atoms in total. The lowest BCUT2D eigenvalue weighted by Crippen LogP contribution is -2.15. The maximum atomic E-state index is 5.83. The van der Waals surface area contributed by atoms with Crippen LogP contribution >= 0.6 is 0 Å². The number of nitrogen functional groups attached to an aromatic ring is 1. The van der Waals surface area contributed by atoms with Gasteiger partial charge in [-0.15, -0.1) is 0 Å². The lowest BCUT2D eigenvalue weighted by Gasteiger charge is -2.08. The largest absolute Gasteiger partial charge is 0.399 e. The molecule has 13 heavy (non-hydrogen) atoms. The van der Waals surface area contributed by atoms with Gasteiger partial charge in [0.2, 0.25) is 0 Å². The SMILES string of the molecule is Cc1ccc(N)c(CC[C@@H](C)N)c1. The minimum absolute atomic E-state index is 0.250. The Balaban J connectivity index is 2.70. The van der Waals surface area contributed by atoms with Crippen molar-refractivity contribution in [3.05, 3.63) is 29.3 Å². The predicted octanol–water partition coefficient (Wildman–Crippen LogP) is 1.86. The third kappa shape index (κ3) is 3.07. The van der Waals surface area contributed by atoms with Gasteiger partial charge in [0.25, 0.3) is 0 Å². The fourth-order valence-corrected chi connectivity index (χ4v) is 1.33. The Bertz CT molecular complexity index is 279. The number of benzene rings is 1. The van der Waals surface area contributed by atoms with Gasteiger partial charge in [-0.2, -0.15) is 0 Å². The summed E-state index contributed by atoms with van der Waals surface area (Å²) in [4.78, 5) is 0. The van der Waals surface area contributed by atoms with E-state index in [0.29, 0.717) is 0 Å². The van der Waals surface area contributed by atoms with E-state index in [1.165, 1.54) is 11.1 Å². The standard InChI is InChI=1S/C11H18N2/c1-8-3-6-11(13)10(7-8)5-4-9(2)12/h3,6-7,9H,4-5,12-13H2,1-2H3/t9-/m1/s1. The Hall–Kier alpha value is -1.02. The normalized spacial score (nSPS) is 12.8. The van der Waals surface area contributed by atoms with E-state index in [1.807, 2.05) is 19.1 Å². The topological polar surface area (TPSA) is 52.0 Å². The van der Waals surface area contributed by atoms with Crippen LogP contribution in [0.15, 0.2) is 18.2 Å². The van der Waals surface area contributed by atoms with Gasteiger partial charge < -0.3 is 11.5 Å². The van der Waals surface area contributed by atoms with Crippen molar-refractivity contribution in [1.82, 2.24) is 0 Å². The van der Waals surface area contributed by atoms with Gasteiger partial charge in [-0.25, -0.2) is 0 Å². The summed E-state index contributed by atoms with van der Waals surface area (Å²) in [6, 6.07) is 6.38. The van der Waals surface area contributed by atoms with E-state index in [9.17, 15) is 0 Å². The van der Waals surface area contributed by atoms with Crippen molar-refractivity contribution in [3.8, 4) is 0 Å². The Morgan fingerprint density at radius 1 is 1.38 bits per heavy atom. The van der Waals surface area contributed by atoms with Crippen LogP contribution in [0.3, 0.4) is 0 Å². The lowest BCUT2D eigenvalue weighted by molar-refractivity contribution is 0.666. The van der Waals surface area contributed by atoms with Crippen LogP contribution in [0.1, 0.15) is 24.5 Å². The third-order valence-corrected chi connectivity index (χ3v) is 2.17. The minimum atomic E-state index is 0.250. The Morgan fingerprint density at radius 2 is 2.08 bits per heavy atom. The number of rotatable bonds is 3. The van der Waals surface area contributed by atoms with Crippen LogP contribution in [0.25, 0.3) is 0 Å². The molecular formula is C11H18N2. The average Bonchev–Trinajstić information content (AvgIpc) is 2.06. The summed E-state index contributed by atoms with van der Waals surface area (Å²) in [5.41, 5.74) is 14.9. The number of nitrogens with two attached hydrogens (primary N) is 2. The van der Waals surface area contributed by atoms with Crippen molar-refractivity contribution in [3.63, 3.8) is 0 Å². The summed E-state index contributed by atoms with van der Waals surface area (Å²) in [7, 11) is 0. The van der Waals surface area contributed by atoms with Crippen LogP contribution in [0.5, 0.6) is 0 Å². The van der Waals surface area contributed by atoms with Gasteiger partial charge in [-0.05, 0) is 38.3 Å². The smallest absolute Gasteiger partial charge is 0.0346 e. The second kappa shape index (κ2) is 4.28. The van der Waals surface area contributed by atoms with Crippen LogP contribution in [-0.4, -0.2) is 6.04 Å². The molecule has 0 saturated heterocycles. The highest BCUT2D eigenvalue weighted by molar-refractivity contribution is 5.48. The van der Waals surface area contributed by atoms with Gasteiger partial charge in [-0.3, -0.25) is 0 Å². The van der Waals surface area contributed by atoms with Crippen molar-refractivity contribution >= 4 is 5.69 Å². The molecule has 0 aliphatic rings. The molecule has 1 atom stereocenters. The van der Waals surface area contributed by atoms with E-state index in [1.54, 1.807) is 0 Å². The molecule has 1 aromatic rings. The molecule has 0 spiro atoms. The van der Waals surface area contributed by atoms with Gasteiger partial charge in [-0.1, -0.05) is 17.7 Å². The van der Waals surface area contributed by atoms with E-state index >= 15 is 0 Å². The number of hydrogen-bond acceptors (Lipinski definition) is 2. The van der Waals surface area contributed by atoms with Crippen molar-refractivity contribution < 1.29 is 0 Å². The Labute approximate surface area is 79.9 Å². The van der Waals surface area contributed by atoms with Gasteiger partial charge in [0.05, 0.1) is 0 Å². The van der Waals surface area contributed by atoms with Crippen LogP contribution in [0.4, 0.5) is 5.69 Å². The molecule has 0 bridgehead atoms. The fraction of sp³-hybridized carbons (Fsp3) is 0.455. The van der Waals surface area contributed by atoms with Gasteiger partial charge in [0.1, 0.15) is 0 Å². The van der Waals surface area contributed by atoms with Crippen molar-refractivity contribution in [2.45, 2.75) is 32.7 Å². The summed E-state index contributed by atoms with van der Waals surface area (Å²) in [6.07, 6.45) is 1.97. The molecule has 0 radical (unpaired) electrons. The van der Waals surface area contributed by atoms with Crippen molar-refractivity contribution in [2.75, 3.05) is 5.73 Å². The molecule has 72 valence electrons. The predicted molar refractivity (Wildman–Crippen MR) is 57.6 cm³/mol. The van der Waals surface area contributed by atoms with Crippen molar-refractivity contribution in [1.29, 1.82) is 0 Å².